The molecule has 2 atom stereocenters. The molecule has 13 heteroatoms. The summed E-state index contributed by atoms with van der Waals surface area (Å²) in [6.07, 6.45) is 4.71. The molecule has 2 N–H and O–H groups in total. The quantitative estimate of drug-likeness (QED) is 0.119. The predicted molar refractivity (Wildman–Crippen MR) is 129 cm³/mol. The third-order valence-electron chi connectivity index (χ3n) is 4.62. The highest BCUT2D eigenvalue weighted by Gasteiger charge is 2.17. The van der Waals surface area contributed by atoms with Crippen molar-refractivity contribution in [3.05, 3.63) is 0 Å². The smallest absolute Gasteiger partial charge is 0.382 e. The summed E-state index contributed by atoms with van der Waals surface area (Å²) >= 11 is 0. The first-order valence-corrected chi connectivity index (χ1v) is 13.6. The van der Waals surface area contributed by atoms with Crippen LogP contribution < -0.4 is 5.32 Å². The van der Waals surface area contributed by atoms with E-state index in [9.17, 15) is 9.36 Å². The van der Waals surface area contributed by atoms with E-state index in [-0.39, 0.29) is 25.2 Å². The average molecular weight is 532 g/mol. The first-order chi connectivity index (χ1) is 16.9. The fraction of sp³-hybridized carbons (Fsp3) is 0.955. The van der Waals surface area contributed by atoms with Crippen molar-refractivity contribution in [3.8, 4) is 0 Å². The van der Waals surface area contributed by atoms with E-state index in [0.717, 1.165) is 32.8 Å². The van der Waals surface area contributed by atoms with Crippen LogP contribution in [0, 0.1) is 0 Å². The Balaban J connectivity index is 3.57. The largest absolute Gasteiger partial charge is 0.471 e. The standard InChI is InChI=1S/C22H46NO11P/c1-27-13-15-32-20-21(33-17-14-28-2)19-31-11-7-5-4-6-9-22(24)23-10-8-12-30-16-18-34-35(25,26)29-3/h21H,4-20H2,1-3H3,(H,23,24)(H,25,26). The summed E-state index contributed by atoms with van der Waals surface area (Å²) in [7, 11) is 0.417. The number of amides is 1. The lowest BCUT2D eigenvalue weighted by molar-refractivity contribution is -0.121. The molecule has 0 aliphatic carbocycles. The summed E-state index contributed by atoms with van der Waals surface area (Å²) in [5.41, 5.74) is 0. The van der Waals surface area contributed by atoms with E-state index in [1.807, 2.05) is 0 Å². The number of phosphoric ester groups is 1. The van der Waals surface area contributed by atoms with Crippen LogP contribution in [-0.4, -0.2) is 111 Å². The van der Waals surface area contributed by atoms with Crippen molar-refractivity contribution in [3.63, 3.8) is 0 Å². The summed E-state index contributed by atoms with van der Waals surface area (Å²) in [5.74, 6) is 0.0235. The van der Waals surface area contributed by atoms with Crippen LogP contribution in [0.4, 0.5) is 0 Å². The second-order valence-electron chi connectivity index (χ2n) is 7.59. The molecule has 0 bridgehead atoms. The molecular weight excluding hydrogens is 485 g/mol. The third-order valence-corrected chi connectivity index (χ3v) is 5.59. The molecule has 0 aliphatic heterocycles. The van der Waals surface area contributed by atoms with Crippen LogP contribution in [0.5, 0.6) is 0 Å². The van der Waals surface area contributed by atoms with Gasteiger partial charge in [0.05, 0.1) is 52.9 Å². The maximum Gasteiger partial charge on any atom is 0.471 e. The first kappa shape index (κ1) is 34.3. The highest BCUT2D eigenvalue weighted by Crippen LogP contribution is 2.41. The maximum atomic E-state index is 11.9. The highest BCUT2D eigenvalue weighted by atomic mass is 31.2. The molecule has 0 rings (SSSR count). The van der Waals surface area contributed by atoms with Crippen LogP contribution in [0.1, 0.15) is 38.5 Å². The van der Waals surface area contributed by atoms with Gasteiger partial charge in [0.1, 0.15) is 6.10 Å². The van der Waals surface area contributed by atoms with Crippen molar-refractivity contribution in [1.82, 2.24) is 5.32 Å². The maximum absolute atomic E-state index is 11.9. The number of carbonyl (C=O) groups is 1. The molecule has 0 aromatic rings. The molecule has 35 heavy (non-hydrogen) atoms. The molecule has 0 saturated carbocycles. The Kier molecular flexibility index (Phi) is 24.5. The zero-order chi connectivity index (χ0) is 26.0. The summed E-state index contributed by atoms with van der Waals surface area (Å²) in [6.45, 7) is 4.71. The van der Waals surface area contributed by atoms with E-state index in [0.29, 0.717) is 72.2 Å². The minimum absolute atomic E-state index is 0.0235. The molecular formula is C22H46NO11P. The molecule has 2 unspecified atom stereocenters. The lowest BCUT2D eigenvalue weighted by Crippen LogP contribution is -2.28. The Bertz CT molecular complexity index is 528. The van der Waals surface area contributed by atoms with Crippen molar-refractivity contribution < 1.29 is 51.7 Å². The Morgan fingerprint density at radius 2 is 1.40 bits per heavy atom. The van der Waals surface area contributed by atoms with E-state index in [1.165, 1.54) is 0 Å². The third kappa shape index (κ3) is 24.8. The van der Waals surface area contributed by atoms with Crippen molar-refractivity contribution >= 4 is 13.7 Å². The first-order valence-electron chi connectivity index (χ1n) is 12.1. The molecule has 0 aliphatic rings. The molecule has 0 heterocycles. The number of unbranched alkanes of at least 4 members (excludes halogenated alkanes) is 3. The molecule has 210 valence electrons. The van der Waals surface area contributed by atoms with Gasteiger partial charge in [0.25, 0.3) is 0 Å². The number of hydrogen-bond acceptors (Lipinski definition) is 10. The SMILES string of the molecule is COCCOCC(COCCCCCCC(=O)NCCCOCCOP(=O)(O)OC)OCCOC. The Hall–Kier alpha value is -0.660. The average Bonchev–Trinajstić information content (AvgIpc) is 2.84. The van der Waals surface area contributed by atoms with Gasteiger partial charge in [-0.05, 0) is 19.3 Å². The second-order valence-corrected chi connectivity index (χ2v) is 9.15. The van der Waals surface area contributed by atoms with E-state index >= 15 is 0 Å². The number of nitrogens with one attached hydrogen (secondary N) is 1. The van der Waals surface area contributed by atoms with Crippen LogP contribution in [0.2, 0.25) is 0 Å². The van der Waals surface area contributed by atoms with Crippen molar-refractivity contribution in [1.29, 1.82) is 0 Å². The Labute approximate surface area is 209 Å². The van der Waals surface area contributed by atoms with Gasteiger partial charge in [-0.15, -0.1) is 0 Å². The fourth-order valence-electron chi connectivity index (χ4n) is 2.71. The number of rotatable bonds is 27. The lowest BCUT2D eigenvalue weighted by atomic mass is 10.1. The van der Waals surface area contributed by atoms with Gasteiger partial charge in [-0.25, -0.2) is 4.57 Å². The minimum Gasteiger partial charge on any atom is -0.382 e. The minimum atomic E-state index is -3.95. The van der Waals surface area contributed by atoms with Gasteiger partial charge in [0.2, 0.25) is 5.91 Å². The van der Waals surface area contributed by atoms with Gasteiger partial charge in [-0.3, -0.25) is 13.8 Å². The van der Waals surface area contributed by atoms with Crippen molar-refractivity contribution in [2.24, 2.45) is 0 Å². The highest BCUT2D eigenvalue weighted by molar-refractivity contribution is 7.47. The Morgan fingerprint density at radius 1 is 0.771 bits per heavy atom. The van der Waals surface area contributed by atoms with Crippen molar-refractivity contribution in [2.45, 2.75) is 44.6 Å². The molecule has 0 saturated heterocycles. The number of hydrogen-bond donors (Lipinski definition) is 2. The summed E-state index contributed by atoms with van der Waals surface area (Å²) < 4.78 is 52.2. The van der Waals surface area contributed by atoms with Gasteiger partial charge in [-0.2, -0.15) is 0 Å². The molecule has 0 fully saturated rings. The molecule has 12 nitrogen and oxygen atoms in total. The van der Waals surface area contributed by atoms with Gasteiger partial charge >= 0.3 is 7.82 Å². The summed E-state index contributed by atoms with van der Waals surface area (Å²) in [4.78, 5) is 20.9. The zero-order valence-corrected chi connectivity index (χ0v) is 22.5. The number of ether oxygens (including phenoxy) is 6. The molecule has 0 radical (unpaired) electrons. The van der Waals surface area contributed by atoms with E-state index in [4.69, 9.17) is 33.3 Å². The molecule has 0 aromatic carbocycles. The molecule has 0 aromatic heterocycles. The van der Waals surface area contributed by atoms with Crippen LogP contribution in [0.15, 0.2) is 0 Å². The summed E-state index contributed by atoms with van der Waals surface area (Å²) in [6, 6.07) is 0. The normalized spacial score (nSPS) is 14.1. The van der Waals surface area contributed by atoms with Gasteiger partial charge in [0, 0.05) is 47.5 Å². The van der Waals surface area contributed by atoms with Crippen LogP contribution >= 0.6 is 7.82 Å². The van der Waals surface area contributed by atoms with E-state index in [2.05, 4.69) is 14.4 Å². The zero-order valence-electron chi connectivity index (χ0n) is 21.6. The molecule has 0 spiro atoms. The predicted octanol–water partition coefficient (Wildman–Crippen LogP) is 1.93. The number of phosphoric acid groups is 1. The topological polar surface area (TPSA) is 140 Å². The number of methoxy groups -OCH3 is 2. The molecule has 1 amide bonds. The van der Waals surface area contributed by atoms with Crippen LogP contribution in [0.25, 0.3) is 0 Å². The monoisotopic (exact) mass is 531 g/mol. The van der Waals surface area contributed by atoms with E-state index < -0.39 is 7.82 Å². The summed E-state index contributed by atoms with van der Waals surface area (Å²) in [5, 5.41) is 2.85. The Morgan fingerprint density at radius 3 is 2.11 bits per heavy atom. The van der Waals surface area contributed by atoms with Gasteiger partial charge in [0.15, 0.2) is 0 Å². The number of carbonyl (C=O) groups excluding carboxylic acids is 1. The lowest BCUT2D eigenvalue weighted by Gasteiger charge is -2.18. The van der Waals surface area contributed by atoms with E-state index in [1.54, 1.807) is 14.2 Å². The van der Waals surface area contributed by atoms with Crippen LogP contribution in [-0.2, 0) is 46.8 Å². The fourth-order valence-corrected chi connectivity index (χ4v) is 3.12. The van der Waals surface area contributed by atoms with Gasteiger partial charge in [-0.1, -0.05) is 12.8 Å². The van der Waals surface area contributed by atoms with Crippen molar-refractivity contribution in [2.75, 3.05) is 93.9 Å². The van der Waals surface area contributed by atoms with Gasteiger partial charge < -0.3 is 38.6 Å². The second kappa shape index (κ2) is 25.0. The van der Waals surface area contributed by atoms with Crippen LogP contribution in [0.3, 0.4) is 0 Å².